The largest absolute Gasteiger partial charge is 0.508 e. The Bertz CT molecular complexity index is 1210. The highest BCUT2D eigenvalue weighted by molar-refractivity contribution is 5.76. The van der Waals surface area contributed by atoms with Crippen molar-refractivity contribution in [3.63, 3.8) is 0 Å². The topological polar surface area (TPSA) is 100 Å². The Balaban J connectivity index is 0.00000124. The maximum absolute atomic E-state index is 12.1. The molecule has 1 aliphatic rings. The number of benzene rings is 1. The van der Waals surface area contributed by atoms with Gasteiger partial charge in [0.05, 0.1) is 17.1 Å². The first-order chi connectivity index (χ1) is 14.7. The third-order valence-corrected chi connectivity index (χ3v) is 4.17. The SMILES string of the molecule is C#C.O=c1[nH]c(OC2=C/C(=C/NCc3cccc(O)c3)CC=C2)nc2cnccc12. The number of phenolic OH excluding ortho intramolecular Hbond substituents is 1. The van der Waals surface area contributed by atoms with Crippen LogP contribution >= 0.6 is 0 Å². The molecule has 1 aromatic carbocycles. The molecule has 3 N–H and O–H groups in total. The fourth-order valence-electron chi connectivity index (χ4n) is 2.86. The van der Waals surface area contributed by atoms with E-state index in [1.807, 2.05) is 36.6 Å². The van der Waals surface area contributed by atoms with Gasteiger partial charge in [-0.15, -0.1) is 12.8 Å². The lowest BCUT2D eigenvalue weighted by molar-refractivity contribution is 0.406. The summed E-state index contributed by atoms with van der Waals surface area (Å²) in [5.41, 5.74) is 2.20. The van der Waals surface area contributed by atoms with Gasteiger partial charge in [0.2, 0.25) is 0 Å². The number of nitrogens with zero attached hydrogens (tertiary/aromatic N) is 2. The molecule has 0 spiro atoms. The first-order valence-corrected chi connectivity index (χ1v) is 9.11. The minimum Gasteiger partial charge on any atom is -0.508 e. The number of hydrogen-bond donors (Lipinski definition) is 3. The normalized spacial score (nSPS) is 13.9. The second-order valence-corrected chi connectivity index (χ2v) is 6.29. The molecule has 0 amide bonds. The maximum atomic E-state index is 12.1. The van der Waals surface area contributed by atoms with Crippen molar-refractivity contribution in [1.82, 2.24) is 20.3 Å². The third kappa shape index (κ3) is 5.14. The number of phenols is 1. The third-order valence-electron chi connectivity index (χ3n) is 4.17. The molecule has 0 saturated carbocycles. The monoisotopic (exact) mass is 400 g/mol. The number of hydrogen-bond acceptors (Lipinski definition) is 6. The molecule has 1 aliphatic carbocycles. The first kappa shape index (κ1) is 20.4. The zero-order valence-corrected chi connectivity index (χ0v) is 16.1. The number of aromatic amines is 1. The molecule has 2 heterocycles. The summed E-state index contributed by atoms with van der Waals surface area (Å²) in [4.78, 5) is 23.0. The molecule has 30 heavy (non-hydrogen) atoms. The van der Waals surface area contributed by atoms with Crippen LogP contribution in [0.4, 0.5) is 0 Å². The van der Waals surface area contributed by atoms with E-state index in [0.29, 0.717) is 23.2 Å². The van der Waals surface area contributed by atoms with E-state index < -0.39 is 0 Å². The van der Waals surface area contributed by atoms with Crippen LogP contribution in [0.3, 0.4) is 0 Å². The van der Waals surface area contributed by atoms with Crippen LogP contribution in [-0.2, 0) is 6.54 Å². The number of ether oxygens (including phenoxy) is 1. The fraction of sp³-hybridized carbons (Fsp3) is 0.0870. The lowest BCUT2D eigenvalue weighted by Gasteiger charge is -2.11. The van der Waals surface area contributed by atoms with E-state index in [4.69, 9.17) is 4.74 Å². The summed E-state index contributed by atoms with van der Waals surface area (Å²) >= 11 is 0. The number of pyridine rings is 1. The van der Waals surface area contributed by atoms with Crippen molar-refractivity contribution in [3.8, 4) is 24.6 Å². The van der Waals surface area contributed by atoms with Crippen LogP contribution in [-0.4, -0.2) is 20.1 Å². The summed E-state index contributed by atoms with van der Waals surface area (Å²) in [6.45, 7) is 0.595. The van der Waals surface area contributed by atoms with E-state index in [-0.39, 0.29) is 17.3 Å². The van der Waals surface area contributed by atoms with Crippen LogP contribution < -0.4 is 15.6 Å². The van der Waals surface area contributed by atoms with Gasteiger partial charge in [-0.1, -0.05) is 18.2 Å². The highest BCUT2D eigenvalue weighted by Gasteiger charge is 2.08. The quantitative estimate of drug-likeness (QED) is 0.569. The van der Waals surface area contributed by atoms with Crippen molar-refractivity contribution in [3.05, 3.63) is 94.4 Å². The molecule has 0 atom stereocenters. The minimum absolute atomic E-state index is 0.121. The van der Waals surface area contributed by atoms with Gasteiger partial charge in [0, 0.05) is 18.9 Å². The van der Waals surface area contributed by atoms with Crippen LogP contribution in [0.25, 0.3) is 10.9 Å². The summed E-state index contributed by atoms with van der Waals surface area (Å²) in [6, 6.07) is 8.84. The predicted octanol–water partition coefficient (Wildman–Crippen LogP) is 3.17. The van der Waals surface area contributed by atoms with Crippen molar-refractivity contribution < 1.29 is 9.84 Å². The Morgan fingerprint density at radius 3 is 3.00 bits per heavy atom. The van der Waals surface area contributed by atoms with Crippen LogP contribution in [0.1, 0.15) is 12.0 Å². The van der Waals surface area contributed by atoms with Gasteiger partial charge in [0.1, 0.15) is 11.5 Å². The maximum Gasteiger partial charge on any atom is 0.302 e. The summed E-state index contributed by atoms with van der Waals surface area (Å²) in [6.07, 6.45) is 19.4. The zero-order chi connectivity index (χ0) is 21.3. The van der Waals surface area contributed by atoms with Crippen LogP contribution in [0.5, 0.6) is 11.8 Å². The molecule has 0 unspecified atom stereocenters. The Kier molecular flexibility index (Phi) is 6.64. The number of nitrogens with one attached hydrogen (secondary N) is 2. The summed E-state index contributed by atoms with van der Waals surface area (Å²) in [7, 11) is 0. The van der Waals surface area contributed by atoms with Gasteiger partial charge in [-0.25, -0.2) is 0 Å². The molecule has 150 valence electrons. The van der Waals surface area contributed by atoms with E-state index in [2.05, 4.69) is 33.1 Å². The van der Waals surface area contributed by atoms with E-state index in [1.54, 1.807) is 24.4 Å². The second-order valence-electron chi connectivity index (χ2n) is 6.29. The number of aromatic nitrogens is 3. The lowest BCUT2D eigenvalue weighted by atomic mass is 10.1. The molecule has 0 radical (unpaired) electrons. The van der Waals surface area contributed by atoms with E-state index in [1.165, 1.54) is 6.20 Å². The molecule has 7 nitrogen and oxygen atoms in total. The van der Waals surface area contributed by atoms with Crippen molar-refractivity contribution in [1.29, 1.82) is 0 Å². The summed E-state index contributed by atoms with van der Waals surface area (Å²) < 4.78 is 5.73. The highest BCUT2D eigenvalue weighted by atomic mass is 16.5. The smallest absolute Gasteiger partial charge is 0.302 e. The van der Waals surface area contributed by atoms with Gasteiger partial charge in [-0.2, -0.15) is 4.98 Å². The van der Waals surface area contributed by atoms with E-state index in [0.717, 1.165) is 17.6 Å². The van der Waals surface area contributed by atoms with Gasteiger partial charge >= 0.3 is 6.01 Å². The minimum atomic E-state index is -0.272. The van der Waals surface area contributed by atoms with Crippen molar-refractivity contribution in [2.24, 2.45) is 0 Å². The van der Waals surface area contributed by atoms with Crippen molar-refractivity contribution in [2.75, 3.05) is 0 Å². The van der Waals surface area contributed by atoms with Crippen molar-refractivity contribution in [2.45, 2.75) is 13.0 Å². The van der Waals surface area contributed by atoms with E-state index >= 15 is 0 Å². The molecule has 3 aromatic rings. The van der Waals surface area contributed by atoms with Gasteiger partial charge < -0.3 is 15.2 Å². The standard InChI is InChI=1S/C21H18N4O3.C2H2/c26-16-5-1-3-14(9-16)11-23-12-15-4-2-6-17(10-15)28-21-24-19-13-22-8-7-18(19)20(27)25-21;1-2/h1-3,5-10,12-13,23,26H,4,11H2,(H,24,25,27);1-2H/b15-12+;. The second kappa shape index (κ2) is 9.75. The van der Waals surface area contributed by atoms with Gasteiger partial charge in [-0.3, -0.25) is 14.8 Å². The Hall–Kier alpha value is -4.31. The number of terminal acetylenes is 1. The molecular formula is C23H20N4O3. The molecule has 7 heteroatoms. The number of fused-ring (bicyclic) bond motifs is 1. The van der Waals surface area contributed by atoms with Crippen LogP contribution in [0.15, 0.2) is 83.3 Å². The fourth-order valence-corrected chi connectivity index (χ4v) is 2.86. The van der Waals surface area contributed by atoms with Crippen molar-refractivity contribution >= 4 is 10.9 Å². The predicted molar refractivity (Wildman–Crippen MR) is 116 cm³/mol. The molecular weight excluding hydrogens is 380 g/mol. The summed E-state index contributed by atoms with van der Waals surface area (Å²) in [5, 5.41) is 13.2. The molecule has 0 aliphatic heterocycles. The molecule has 2 aromatic heterocycles. The Morgan fingerprint density at radius 1 is 1.30 bits per heavy atom. The van der Waals surface area contributed by atoms with Gasteiger partial charge in [-0.05, 0) is 47.9 Å². The first-order valence-electron chi connectivity index (χ1n) is 9.11. The van der Waals surface area contributed by atoms with Crippen LogP contribution in [0.2, 0.25) is 0 Å². The average Bonchev–Trinajstić information content (AvgIpc) is 2.76. The van der Waals surface area contributed by atoms with Crippen LogP contribution in [0, 0.1) is 12.8 Å². The van der Waals surface area contributed by atoms with E-state index in [9.17, 15) is 9.90 Å². The molecule has 0 fully saturated rings. The Morgan fingerprint density at radius 2 is 2.17 bits per heavy atom. The average molecular weight is 400 g/mol. The number of rotatable bonds is 5. The molecule has 4 rings (SSSR count). The lowest BCUT2D eigenvalue weighted by Crippen LogP contribution is -2.11. The number of allylic oxidation sites excluding steroid dienone is 4. The highest BCUT2D eigenvalue weighted by Crippen LogP contribution is 2.18. The molecule has 0 saturated heterocycles. The number of H-pyrrole nitrogens is 1. The zero-order valence-electron chi connectivity index (χ0n) is 16.1. The summed E-state index contributed by atoms with van der Waals surface area (Å²) in [5.74, 6) is 0.818. The van der Waals surface area contributed by atoms with Gasteiger partial charge in [0.25, 0.3) is 5.56 Å². The Labute approximate surface area is 173 Å². The number of aromatic hydroxyl groups is 1. The van der Waals surface area contributed by atoms with Gasteiger partial charge in [0.15, 0.2) is 0 Å². The molecule has 0 bridgehead atoms.